The Morgan fingerprint density at radius 3 is 2.38 bits per heavy atom. The molecule has 0 spiro atoms. The third kappa shape index (κ3) is 4.09. The van der Waals surface area contributed by atoms with Crippen LogP contribution in [0.15, 0.2) is 83.8 Å². The number of sulfonamides is 1. The number of hydrogen-bond acceptors (Lipinski definition) is 4. The zero-order chi connectivity index (χ0) is 20.3. The van der Waals surface area contributed by atoms with Gasteiger partial charge in [-0.3, -0.25) is 9.62 Å². The number of nitrogens with zero attached hydrogens (tertiary/aromatic N) is 1. The van der Waals surface area contributed by atoms with E-state index >= 15 is 0 Å². The Kier molecular flexibility index (Phi) is 5.22. The molecular formula is C22H20N2O4S. The molecule has 0 radical (unpaired) electrons. The van der Waals surface area contributed by atoms with Gasteiger partial charge < -0.3 is 4.74 Å². The van der Waals surface area contributed by atoms with Gasteiger partial charge in [0, 0.05) is 12.2 Å². The van der Waals surface area contributed by atoms with Gasteiger partial charge in [0.05, 0.1) is 10.6 Å². The zero-order valence-electron chi connectivity index (χ0n) is 15.6. The van der Waals surface area contributed by atoms with Gasteiger partial charge in [0.2, 0.25) is 0 Å². The monoisotopic (exact) mass is 408 g/mol. The van der Waals surface area contributed by atoms with Crippen molar-refractivity contribution in [3.63, 3.8) is 0 Å². The van der Waals surface area contributed by atoms with Gasteiger partial charge in [-0.05, 0) is 47.9 Å². The summed E-state index contributed by atoms with van der Waals surface area (Å²) in [4.78, 5) is 12.1. The van der Waals surface area contributed by atoms with Crippen LogP contribution in [0.25, 0.3) is 0 Å². The molecule has 0 bridgehead atoms. The molecule has 1 aliphatic heterocycles. The Morgan fingerprint density at radius 2 is 1.62 bits per heavy atom. The van der Waals surface area contributed by atoms with E-state index in [1.807, 2.05) is 54.6 Å². The zero-order valence-corrected chi connectivity index (χ0v) is 16.4. The molecular weight excluding hydrogens is 388 g/mol. The second kappa shape index (κ2) is 7.97. The van der Waals surface area contributed by atoms with Gasteiger partial charge >= 0.3 is 6.09 Å². The summed E-state index contributed by atoms with van der Waals surface area (Å²) in [6.45, 7) is 0.584. The molecule has 0 saturated carbocycles. The predicted molar refractivity (Wildman–Crippen MR) is 111 cm³/mol. The normalized spacial score (nSPS) is 13.0. The van der Waals surface area contributed by atoms with Crippen LogP contribution in [-0.4, -0.2) is 21.1 Å². The number of hydrogen-bond donors (Lipinski definition) is 1. The Labute approximate surface area is 169 Å². The molecule has 3 aromatic rings. The lowest BCUT2D eigenvalue weighted by Gasteiger charge is -2.19. The Hall–Kier alpha value is -3.32. The lowest BCUT2D eigenvalue weighted by molar-refractivity contribution is 0.155. The highest BCUT2D eigenvalue weighted by Gasteiger charge is 2.30. The molecule has 0 unspecified atom stereocenters. The van der Waals surface area contributed by atoms with Gasteiger partial charge in [0.25, 0.3) is 10.0 Å². The summed E-state index contributed by atoms with van der Waals surface area (Å²) in [6.07, 6.45) is 0.0976. The number of anilines is 2. The Balaban J connectivity index is 1.42. The maximum absolute atomic E-state index is 13.0. The fourth-order valence-corrected chi connectivity index (χ4v) is 4.78. The van der Waals surface area contributed by atoms with Crippen LogP contribution in [0.5, 0.6) is 0 Å². The van der Waals surface area contributed by atoms with Crippen LogP contribution in [0.2, 0.25) is 0 Å². The van der Waals surface area contributed by atoms with E-state index < -0.39 is 16.1 Å². The van der Waals surface area contributed by atoms with Crippen LogP contribution in [0.1, 0.15) is 11.1 Å². The van der Waals surface area contributed by atoms with Crippen LogP contribution in [0.3, 0.4) is 0 Å². The molecule has 0 fully saturated rings. The number of amides is 1. The molecule has 7 heteroatoms. The topological polar surface area (TPSA) is 75.7 Å². The molecule has 0 saturated heterocycles. The van der Waals surface area contributed by atoms with Crippen molar-refractivity contribution in [3.8, 4) is 0 Å². The largest absolute Gasteiger partial charge is 0.444 e. The summed E-state index contributed by atoms with van der Waals surface area (Å²) in [5, 5.41) is 2.61. The Morgan fingerprint density at radius 1 is 0.931 bits per heavy atom. The molecule has 1 aliphatic rings. The van der Waals surface area contributed by atoms with Crippen molar-refractivity contribution in [2.24, 2.45) is 0 Å². The molecule has 6 nitrogen and oxygen atoms in total. The van der Waals surface area contributed by atoms with Gasteiger partial charge in [0.15, 0.2) is 0 Å². The Bertz CT molecular complexity index is 1110. The molecule has 4 rings (SSSR count). The van der Waals surface area contributed by atoms with Gasteiger partial charge in [-0.1, -0.05) is 48.5 Å². The summed E-state index contributed by atoms with van der Waals surface area (Å²) in [7, 11) is -3.65. The van der Waals surface area contributed by atoms with E-state index in [0.717, 1.165) is 16.8 Å². The number of carbonyl (C=O) groups is 1. The average molecular weight is 408 g/mol. The van der Waals surface area contributed by atoms with Crippen molar-refractivity contribution in [1.29, 1.82) is 0 Å². The molecule has 1 heterocycles. The van der Waals surface area contributed by atoms with Gasteiger partial charge in [-0.15, -0.1) is 0 Å². The molecule has 1 amide bonds. The molecule has 148 valence electrons. The summed E-state index contributed by atoms with van der Waals surface area (Å²) in [5.41, 5.74) is 3.09. The SMILES string of the molecule is O=C(Nc1ccc(S(=O)(=O)N2CCc3ccccc32)cc1)OCc1ccccc1. The summed E-state index contributed by atoms with van der Waals surface area (Å²) in [5.74, 6) is 0. The maximum Gasteiger partial charge on any atom is 0.411 e. The van der Waals surface area contributed by atoms with Crippen molar-refractivity contribution < 1.29 is 17.9 Å². The van der Waals surface area contributed by atoms with Crippen molar-refractivity contribution in [3.05, 3.63) is 90.0 Å². The number of rotatable bonds is 5. The number of carbonyl (C=O) groups excluding carboxylic acids is 1. The highest BCUT2D eigenvalue weighted by molar-refractivity contribution is 7.92. The van der Waals surface area contributed by atoms with Gasteiger partial charge in [0.1, 0.15) is 6.61 Å². The highest BCUT2D eigenvalue weighted by atomic mass is 32.2. The van der Waals surface area contributed by atoms with Crippen molar-refractivity contribution in [2.45, 2.75) is 17.9 Å². The number of nitrogens with one attached hydrogen (secondary N) is 1. The first-order valence-electron chi connectivity index (χ1n) is 9.22. The number of ether oxygens (including phenoxy) is 1. The predicted octanol–water partition coefficient (Wildman–Crippen LogP) is 4.19. The van der Waals surface area contributed by atoms with Crippen molar-refractivity contribution in [2.75, 3.05) is 16.2 Å². The summed E-state index contributed by atoms with van der Waals surface area (Å²) >= 11 is 0. The molecule has 0 aromatic heterocycles. The average Bonchev–Trinajstić information content (AvgIpc) is 3.18. The molecule has 3 aromatic carbocycles. The standard InChI is InChI=1S/C22H20N2O4S/c25-22(28-16-17-6-2-1-3-7-17)23-19-10-12-20(13-11-19)29(26,27)24-15-14-18-8-4-5-9-21(18)24/h1-13H,14-16H2,(H,23,25). The first-order valence-corrected chi connectivity index (χ1v) is 10.7. The van der Waals surface area contributed by atoms with Crippen LogP contribution in [-0.2, 0) is 27.8 Å². The minimum absolute atomic E-state index is 0.160. The molecule has 1 N–H and O–H groups in total. The highest BCUT2D eigenvalue weighted by Crippen LogP contribution is 2.32. The third-order valence-corrected chi connectivity index (χ3v) is 6.57. The minimum Gasteiger partial charge on any atom is -0.444 e. The number of para-hydroxylation sites is 1. The van der Waals surface area contributed by atoms with Crippen LogP contribution >= 0.6 is 0 Å². The van der Waals surface area contributed by atoms with E-state index in [0.29, 0.717) is 18.7 Å². The first-order chi connectivity index (χ1) is 14.0. The summed E-state index contributed by atoms with van der Waals surface area (Å²) < 4.78 is 32.6. The van der Waals surface area contributed by atoms with E-state index in [1.165, 1.54) is 16.4 Å². The second-order valence-electron chi connectivity index (χ2n) is 6.67. The summed E-state index contributed by atoms with van der Waals surface area (Å²) in [6, 6.07) is 22.9. The maximum atomic E-state index is 13.0. The third-order valence-electron chi connectivity index (χ3n) is 4.75. The van der Waals surface area contributed by atoms with E-state index in [1.54, 1.807) is 12.1 Å². The first kappa shape index (κ1) is 19.0. The minimum atomic E-state index is -3.65. The molecule has 0 atom stereocenters. The van der Waals surface area contributed by atoms with E-state index in [9.17, 15) is 13.2 Å². The van der Waals surface area contributed by atoms with E-state index in [-0.39, 0.29) is 11.5 Å². The second-order valence-corrected chi connectivity index (χ2v) is 8.53. The van der Waals surface area contributed by atoms with Gasteiger partial charge in [-0.25, -0.2) is 13.2 Å². The van der Waals surface area contributed by atoms with E-state index in [2.05, 4.69) is 5.32 Å². The number of fused-ring (bicyclic) bond motifs is 1. The lowest BCUT2D eigenvalue weighted by Crippen LogP contribution is -2.29. The van der Waals surface area contributed by atoms with Crippen molar-refractivity contribution >= 4 is 27.5 Å². The van der Waals surface area contributed by atoms with Gasteiger partial charge in [-0.2, -0.15) is 0 Å². The lowest BCUT2D eigenvalue weighted by atomic mass is 10.2. The molecule has 29 heavy (non-hydrogen) atoms. The smallest absolute Gasteiger partial charge is 0.411 e. The quantitative estimate of drug-likeness (QED) is 0.687. The van der Waals surface area contributed by atoms with Crippen LogP contribution in [0, 0.1) is 0 Å². The van der Waals surface area contributed by atoms with E-state index in [4.69, 9.17) is 4.74 Å². The van der Waals surface area contributed by atoms with Crippen LogP contribution in [0.4, 0.5) is 16.2 Å². The van der Waals surface area contributed by atoms with Crippen LogP contribution < -0.4 is 9.62 Å². The van der Waals surface area contributed by atoms with Crippen molar-refractivity contribution in [1.82, 2.24) is 0 Å². The molecule has 0 aliphatic carbocycles. The number of benzene rings is 3. The fourth-order valence-electron chi connectivity index (χ4n) is 3.27. The fraction of sp³-hybridized carbons (Fsp3) is 0.136.